The molecule has 30 heavy (non-hydrogen) atoms. The summed E-state index contributed by atoms with van der Waals surface area (Å²) in [5.41, 5.74) is 3.15. The Morgan fingerprint density at radius 1 is 1.27 bits per heavy atom. The van der Waals surface area contributed by atoms with E-state index in [-0.39, 0.29) is 11.4 Å². The summed E-state index contributed by atoms with van der Waals surface area (Å²) in [6.45, 7) is 5.12. The topological polar surface area (TPSA) is 97.0 Å². The number of aromatic nitrogens is 4. The Labute approximate surface area is 174 Å². The molecule has 3 aliphatic rings. The number of hydrogen-bond acceptors (Lipinski definition) is 7. The molecule has 4 heterocycles. The molecule has 0 spiro atoms. The van der Waals surface area contributed by atoms with Gasteiger partial charge in [-0.2, -0.15) is 0 Å². The van der Waals surface area contributed by atoms with Crippen molar-refractivity contribution in [3.8, 4) is 0 Å². The van der Waals surface area contributed by atoms with Crippen LogP contribution in [-0.2, 0) is 13.0 Å². The van der Waals surface area contributed by atoms with E-state index in [1.54, 1.807) is 0 Å². The minimum Gasteiger partial charge on any atom is -0.442 e. The molecule has 3 aromatic heterocycles. The number of hydrogen-bond donors (Lipinski definition) is 1. The molecule has 0 saturated heterocycles. The van der Waals surface area contributed by atoms with Gasteiger partial charge < -0.3 is 14.6 Å². The third-order valence-corrected chi connectivity index (χ3v) is 6.49. The van der Waals surface area contributed by atoms with Gasteiger partial charge in [0.1, 0.15) is 23.7 Å². The Bertz CT molecular complexity index is 1180. The second-order valence-corrected chi connectivity index (χ2v) is 9.07. The fraction of sp³-hybridized carbons (Fsp3) is 0.500. The van der Waals surface area contributed by atoms with Gasteiger partial charge in [-0.15, -0.1) is 0 Å². The molecule has 6 rings (SSSR count). The van der Waals surface area contributed by atoms with Gasteiger partial charge in [-0.1, -0.05) is 0 Å². The maximum absolute atomic E-state index is 13.6. The first-order chi connectivity index (χ1) is 14.5. The number of rotatable bonds is 4. The second kappa shape index (κ2) is 6.23. The molecule has 0 aromatic carbocycles. The van der Waals surface area contributed by atoms with Crippen LogP contribution < -0.4 is 5.32 Å². The van der Waals surface area contributed by atoms with Crippen LogP contribution in [0.15, 0.2) is 16.9 Å². The van der Waals surface area contributed by atoms with Crippen molar-refractivity contribution in [3.63, 3.8) is 0 Å². The summed E-state index contributed by atoms with van der Waals surface area (Å²) in [5.74, 6) is 2.62. The Kier molecular flexibility index (Phi) is 3.70. The lowest BCUT2D eigenvalue weighted by atomic mass is 10.0. The van der Waals surface area contributed by atoms with E-state index in [0.717, 1.165) is 49.2 Å². The van der Waals surface area contributed by atoms with Crippen molar-refractivity contribution in [1.29, 1.82) is 0 Å². The molecule has 0 bridgehead atoms. The van der Waals surface area contributed by atoms with E-state index in [1.807, 2.05) is 18.0 Å². The first kappa shape index (κ1) is 17.8. The van der Waals surface area contributed by atoms with Crippen LogP contribution in [0.1, 0.15) is 71.7 Å². The molecular formula is C22H24N6O2. The quantitative estimate of drug-likeness (QED) is 0.712. The third kappa shape index (κ3) is 2.93. The van der Waals surface area contributed by atoms with E-state index in [4.69, 9.17) is 9.40 Å². The second-order valence-electron chi connectivity index (χ2n) is 9.07. The summed E-state index contributed by atoms with van der Waals surface area (Å²) in [6, 6.07) is 0. The minimum absolute atomic E-state index is 0.0347. The van der Waals surface area contributed by atoms with Gasteiger partial charge in [0.25, 0.3) is 5.91 Å². The maximum atomic E-state index is 13.6. The van der Waals surface area contributed by atoms with Crippen molar-refractivity contribution in [1.82, 2.24) is 24.8 Å². The average Bonchev–Trinajstić information content (AvgIpc) is 3.66. The van der Waals surface area contributed by atoms with Crippen LogP contribution in [0.3, 0.4) is 0 Å². The molecule has 0 atom stereocenters. The van der Waals surface area contributed by atoms with Gasteiger partial charge in [-0.3, -0.25) is 4.79 Å². The minimum atomic E-state index is -0.0534. The molecule has 3 aromatic rings. The number of nitrogens with one attached hydrogen (secondary N) is 1. The first-order valence-electron chi connectivity index (χ1n) is 10.7. The molecule has 154 valence electrons. The van der Waals surface area contributed by atoms with Crippen molar-refractivity contribution in [2.45, 2.75) is 64.0 Å². The normalized spacial score (nSPS) is 19.6. The lowest BCUT2D eigenvalue weighted by Gasteiger charge is -2.28. The third-order valence-electron chi connectivity index (χ3n) is 6.49. The number of anilines is 1. The predicted molar refractivity (Wildman–Crippen MR) is 110 cm³/mol. The largest absolute Gasteiger partial charge is 0.442 e. The zero-order valence-corrected chi connectivity index (χ0v) is 17.2. The zero-order chi connectivity index (χ0) is 20.5. The number of carbonyl (C=O) groups is 1. The first-order valence-corrected chi connectivity index (χ1v) is 10.7. The van der Waals surface area contributed by atoms with E-state index in [0.29, 0.717) is 47.2 Å². The molecule has 2 aliphatic carbocycles. The fourth-order valence-electron chi connectivity index (χ4n) is 4.18. The standard InChI is InChI=1S/C22H24N6O2/c1-12-16(17-19(27-22(2)6-7-22)24-11-25-20(17)30-12)21(29)28-8-5-14-9-23-18(13-3-4-13)26-15(14)10-28/h9,11,13H,3-8,10H2,1-2H3,(H,24,25,27). The zero-order valence-electron chi connectivity index (χ0n) is 17.2. The van der Waals surface area contributed by atoms with E-state index >= 15 is 0 Å². The number of furan rings is 1. The van der Waals surface area contributed by atoms with Gasteiger partial charge in [-0.25, -0.2) is 19.9 Å². The summed E-state index contributed by atoms with van der Waals surface area (Å²) < 4.78 is 5.85. The maximum Gasteiger partial charge on any atom is 0.258 e. The lowest BCUT2D eigenvalue weighted by molar-refractivity contribution is 0.0731. The Balaban J connectivity index is 1.36. The van der Waals surface area contributed by atoms with E-state index < -0.39 is 0 Å². The summed E-state index contributed by atoms with van der Waals surface area (Å²) >= 11 is 0. The smallest absolute Gasteiger partial charge is 0.258 e. The summed E-state index contributed by atoms with van der Waals surface area (Å²) in [7, 11) is 0. The highest BCUT2D eigenvalue weighted by atomic mass is 16.3. The highest BCUT2D eigenvalue weighted by Gasteiger charge is 2.39. The van der Waals surface area contributed by atoms with Crippen molar-refractivity contribution in [2.24, 2.45) is 0 Å². The number of aryl methyl sites for hydroxylation is 1. The van der Waals surface area contributed by atoms with Crippen LogP contribution in [0.4, 0.5) is 5.82 Å². The van der Waals surface area contributed by atoms with E-state index in [1.165, 1.54) is 6.33 Å². The Morgan fingerprint density at radius 3 is 2.87 bits per heavy atom. The fourth-order valence-corrected chi connectivity index (χ4v) is 4.18. The average molecular weight is 404 g/mol. The summed E-state index contributed by atoms with van der Waals surface area (Å²) in [6.07, 6.45) is 8.70. The molecule has 1 aliphatic heterocycles. The molecule has 8 heteroatoms. The van der Waals surface area contributed by atoms with Gasteiger partial charge in [-0.05, 0) is 51.5 Å². The molecule has 0 unspecified atom stereocenters. The van der Waals surface area contributed by atoms with E-state index in [9.17, 15) is 4.79 Å². The van der Waals surface area contributed by atoms with Crippen LogP contribution in [0, 0.1) is 6.92 Å². The SMILES string of the molecule is Cc1oc2ncnc(NC3(C)CC3)c2c1C(=O)N1CCc2cnc(C3CC3)nc2C1. The van der Waals surface area contributed by atoms with Crippen LogP contribution >= 0.6 is 0 Å². The van der Waals surface area contributed by atoms with Crippen molar-refractivity contribution >= 4 is 22.8 Å². The van der Waals surface area contributed by atoms with Crippen LogP contribution in [-0.4, -0.2) is 42.8 Å². The van der Waals surface area contributed by atoms with Gasteiger partial charge in [0.05, 0.1) is 23.2 Å². The summed E-state index contributed by atoms with van der Waals surface area (Å²) in [4.78, 5) is 33.5. The molecule has 8 nitrogen and oxygen atoms in total. The number of nitrogens with zero attached hydrogens (tertiary/aromatic N) is 5. The highest BCUT2D eigenvalue weighted by Crippen LogP contribution is 2.41. The predicted octanol–water partition coefficient (Wildman–Crippen LogP) is 3.36. The molecule has 0 radical (unpaired) electrons. The van der Waals surface area contributed by atoms with Gasteiger partial charge in [0.15, 0.2) is 0 Å². The molecule has 2 fully saturated rings. The number of amides is 1. The highest BCUT2D eigenvalue weighted by molar-refractivity contribution is 6.10. The van der Waals surface area contributed by atoms with Gasteiger partial charge in [0.2, 0.25) is 5.71 Å². The Morgan fingerprint density at radius 2 is 2.10 bits per heavy atom. The van der Waals surface area contributed by atoms with Crippen molar-refractivity contribution in [3.05, 3.63) is 40.9 Å². The molecule has 2 saturated carbocycles. The lowest BCUT2D eigenvalue weighted by Crippen LogP contribution is -2.37. The monoisotopic (exact) mass is 404 g/mol. The van der Waals surface area contributed by atoms with Crippen LogP contribution in [0.25, 0.3) is 11.1 Å². The van der Waals surface area contributed by atoms with Crippen LogP contribution in [0.5, 0.6) is 0 Å². The molecular weight excluding hydrogens is 380 g/mol. The van der Waals surface area contributed by atoms with E-state index in [2.05, 4.69) is 27.2 Å². The number of fused-ring (bicyclic) bond motifs is 2. The van der Waals surface area contributed by atoms with Crippen LogP contribution in [0.2, 0.25) is 0 Å². The van der Waals surface area contributed by atoms with Crippen molar-refractivity contribution in [2.75, 3.05) is 11.9 Å². The van der Waals surface area contributed by atoms with Gasteiger partial charge >= 0.3 is 0 Å². The summed E-state index contributed by atoms with van der Waals surface area (Å²) in [5, 5.41) is 4.17. The van der Waals surface area contributed by atoms with Gasteiger partial charge in [0, 0.05) is 24.2 Å². The number of carbonyl (C=O) groups excluding carboxylic acids is 1. The molecule has 1 N–H and O–H groups in total. The Hall–Kier alpha value is -3.03. The molecule has 1 amide bonds. The van der Waals surface area contributed by atoms with Crippen molar-refractivity contribution < 1.29 is 9.21 Å².